The highest BCUT2D eigenvalue weighted by molar-refractivity contribution is 6.34. The fourth-order valence-corrected chi connectivity index (χ4v) is 3.44. The van der Waals surface area contributed by atoms with Crippen LogP contribution < -0.4 is 20.3 Å². The van der Waals surface area contributed by atoms with E-state index in [-0.39, 0.29) is 13.2 Å². The lowest BCUT2D eigenvalue weighted by atomic mass is 10.2. The number of rotatable bonds is 8. The molecule has 4 N–H and O–H groups in total. The van der Waals surface area contributed by atoms with Crippen LogP contribution in [0.4, 0.5) is 18.9 Å². The molecule has 0 fully saturated rings. The summed E-state index contributed by atoms with van der Waals surface area (Å²) in [6.07, 6.45) is -5.19. The molecule has 0 radical (unpaired) electrons. The van der Waals surface area contributed by atoms with E-state index < -0.39 is 12.1 Å². The van der Waals surface area contributed by atoms with Crippen LogP contribution >= 0.6 is 11.6 Å². The fraction of sp³-hybridized carbons (Fsp3) is 0.556. The minimum atomic E-state index is -5.19. The second-order valence-electron chi connectivity index (χ2n) is 6.12. The van der Waals surface area contributed by atoms with Gasteiger partial charge in [0.05, 0.1) is 43.6 Å². The summed E-state index contributed by atoms with van der Waals surface area (Å²) in [5, 5.41) is 27.9. The van der Waals surface area contributed by atoms with E-state index in [0.29, 0.717) is 24.7 Å². The van der Waals surface area contributed by atoms with Gasteiger partial charge in [-0.1, -0.05) is 11.6 Å². The Balaban J connectivity index is 0.000000553. The number of anilines is 1. The molecule has 0 spiro atoms. The number of carbonyl (C=O) groups is 1. The number of hydrogen-bond donors (Lipinski definition) is 3. The van der Waals surface area contributed by atoms with Crippen molar-refractivity contribution in [3.8, 4) is 0 Å². The molecule has 1 heterocycles. The largest absolute Gasteiger partial charge is 0.542 e. The van der Waals surface area contributed by atoms with Gasteiger partial charge in [-0.05, 0) is 13.8 Å². The maximum absolute atomic E-state index is 10.5. The zero-order chi connectivity index (χ0) is 23.1. The van der Waals surface area contributed by atoms with Gasteiger partial charge in [-0.15, -0.1) is 0 Å². The lowest BCUT2D eigenvalue weighted by Gasteiger charge is -2.23. The number of alkyl halides is 3. The van der Waals surface area contributed by atoms with Crippen molar-refractivity contribution >= 4 is 34.3 Å². The third kappa shape index (κ3) is 5.97. The number of aliphatic carboxylic acids is 1. The van der Waals surface area contributed by atoms with Gasteiger partial charge in [0, 0.05) is 25.2 Å². The highest BCUT2D eigenvalue weighted by Crippen LogP contribution is 2.31. The number of aliphatic hydroxyl groups excluding tert-OH is 2. The maximum Gasteiger partial charge on any atom is 0.430 e. The summed E-state index contributed by atoms with van der Waals surface area (Å²) < 4.78 is 35.9. The van der Waals surface area contributed by atoms with E-state index >= 15 is 0 Å². The van der Waals surface area contributed by atoms with Crippen LogP contribution in [0.25, 0.3) is 11.0 Å². The van der Waals surface area contributed by atoms with Crippen molar-refractivity contribution in [3.05, 3.63) is 23.0 Å². The normalized spacial score (nSPS) is 11.4. The Kier molecular flexibility index (Phi) is 9.82. The molecule has 12 heteroatoms. The molecular formula is C18H26ClF3N4O4. The van der Waals surface area contributed by atoms with Gasteiger partial charge in [0.2, 0.25) is 0 Å². The average molecular weight is 455 g/mol. The van der Waals surface area contributed by atoms with Gasteiger partial charge in [-0.25, -0.2) is 9.13 Å². The number of fused-ring (bicyclic) bond motifs is 1. The molecule has 1 aromatic heterocycles. The highest BCUT2D eigenvalue weighted by atomic mass is 35.5. The van der Waals surface area contributed by atoms with E-state index in [1.807, 2.05) is 17.0 Å². The van der Waals surface area contributed by atoms with Gasteiger partial charge in [0.1, 0.15) is 5.97 Å². The molecule has 1 aromatic carbocycles. The Bertz CT molecular complexity index is 852. The third-order valence-corrected chi connectivity index (χ3v) is 4.68. The van der Waals surface area contributed by atoms with Gasteiger partial charge in [-0.2, -0.15) is 13.2 Å². The van der Waals surface area contributed by atoms with Gasteiger partial charge < -0.3 is 30.7 Å². The minimum absolute atomic E-state index is 0.00612. The predicted octanol–water partition coefficient (Wildman–Crippen LogP) is 0.170. The molecule has 0 aliphatic rings. The summed E-state index contributed by atoms with van der Waals surface area (Å²) >= 11 is 6.49. The Morgan fingerprint density at radius 2 is 1.80 bits per heavy atom. The summed E-state index contributed by atoms with van der Waals surface area (Å²) in [6, 6.07) is 3.97. The Labute approximate surface area is 176 Å². The Hall–Kier alpha value is -2.08. The van der Waals surface area contributed by atoms with E-state index in [1.54, 1.807) is 0 Å². The number of nitrogens with two attached hydrogens (primary N) is 1. The van der Waals surface area contributed by atoms with Gasteiger partial charge in [-0.3, -0.25) is 0 Å². The number of nitrogens with zero attached hydrogens (tertiary/aromatic N) is 3. The van der Waals surface area contributed by atoms with Crippen molar-refractivity contribution in [3.63, 3.8) is 0 Å². The number of aryl methyl sites for hydroxylation is 2. The van der Waals surface area contributed by atoms with Crippen molar-refractivity contribution in [2.75, 3.05) is 31.2 Å². The van der Waals surface area contributed by atoms with E-state index in [2.05, 4.69) is 23.0 Å². The van der Waals surface area contributed by atoms with Crippen molar-refractivity contribution in [1.29, 1.82) is 0 Å². The van der Waals surface area contributed by atoms with Crippen molar-refractivity contribution in [2.24, 2.45) is 5.73 Å². The van der Waals surface area contributed by atoms with Crippen molar-refractivity contribution in [1.82, 2.24) is 4.57 Å². The van der Waals surface area contributed by atoms with E-state index in [9.17, 15) is 23.4 Å². The van der Waals surface area contributed by atoms with Gasteiger partial charge in [0.15, 0.2) is 11.0 Å². The molecule has 2 aromatic rings. The number of carbonyl (C=O) groups excluding carboxylic acids is 1. The molecule has 0 bridgehead atoms. The zero-order valence-electron chi connectivity index (χ0n) is 16.7. The minimum Gasteiger partial charge on any atom is -0.542 e. The number of halogens is 4. The zero-order valence-corrected chi connectivity index (χ0v) is 17.5. The summed E-state index contributed by atoms with van der Waals surface area (Å²) in [6.45, 7) is 7.14. The van der Waals surface area contributed by atoms with Crippen LogP contribution in [0.5, 0.6) is 0 Å². The van der Waals surface area contributed by atoms with Crippen LogP contribution in [0, 0.1) is 0 Å². The number of aliphatic hydroxyl groups is 2. The molecule has 0 aliphatic heterocycles. The predicted molar refractivity (Wildman–Crippen MR) is 104 cm³/mol. The summed E-state index contributed by atoms with van der Waals surface area (Å²) in [7, 11) is 0. The second-order valence-corrected chi connectivity index (χ2v) is 6.53. The van der Waals surface area contributed by atoms with Crippen LogP contribution in [0.1, 0.15) is 19.7 Å². The Morgan fingerprint density at radius 1 is 1.27 bits per heavy atom. The smallest absolute Gasteiger partial charge is 0.430 e. The first-order valence-electron chi connectivity index (χ1n) is 9.26. The van der Waals surface area contributed by atoms with Gasteiger partial charge >= 0.3 is 6.18 Å². The van der Waals surface area contributed by atoms with Crippen LogP contribution in [0.15, 0.2) is 12.1 Å². The highest BCUT2D eigenvalue weighted by Gasteiger charge is 2.29. The van der Waals surface area contributed by atoms with Crippen LogP contribution in [-0.4, -0.2) is 53.2 Å². The van der Waals surface area contributed by atoms with E-state index in [1.165, 1.54) is 0 Å². The molecule has 0 amide bonds. The SMILES string of the molecule is CCn1c(CN)[n+](CC)c2cc(N(CCO)CCO)c(Cl)cc21.O=C([O-])C(F)(F)F. The molecule has 0 saturated carbocycles. The maximum atomic E-state index is 10.5. The van der Waals surface area contributed by atoms with Gasteiger partial charge in [0.25, 0.3) is 5.82 Å². The first-order chi connectivity index (χ1) is 14.1. The number of hydrogen-bond acceptors (Lipinski definition) is 6. The van der Waals surface area contributed by atoms with E-state index in [4.69, 9.17) is 27.2 Å². The summed E-state index contributed by atoms with van der Waals surface area (Å²) in [5.74, 6) is -1.94. The fourth-order valence-electron chi connectivity index (χ4n) is 3.16. The molecule has 30 heavy (non-hydrogen) atoms. The number of aromatic nitrogens is 2. The monoisotopic (exact) mass is 454 g/mol. The van der Waals surface area contributed by atoms with Crippen LogP contribution in [0.3, 0.4) is 0 Å². The molecule has 170 valence electrons. The number of imidazole rings is 1. The molecule has 0 atom stereocenters. The third-order valence-electron chi connectivity index (χ3n) is 4.38. The van der Waals surface area contributed by atoms with Crippen LogP contribution in [0.2, 0.25) is 5.02 Å². The number of benzene rings is 1. The Morgan fingerprint density at radius 3 is 2.17 bits per heavy atom. The van der Waals surface area contributed by atoms with Crippen molar-refractivity contribution < 1.29 is 37.9 Å². The van der Waals surface area contributed by atoms with Crippen LogP contribution in [-0.2, 0) is 24.4 Å². The molecule has 8 nitrogen and oxygen atoms in total. The molecule has 2 rings (SSSR count). The average Bonchev–Trinajstić information content (AvgIpc) is 2.98. The quantitative estimate of drug-likeness (QED) is 0.489. The van der Waals surface area contributed by atoms with E-state index in [0.717, 1.165) is 35.6 Å². The number of carboxylic acids is 1. The molecule has 0 saturated heterocycles. The molecule has 0 aliphatic carbocycles. The lowest BCUT2D eigenvalue weighted by Crippen LogP contribution is -2.38. The molecule has 0 unspecified atom stereocenters. The lowest BCUT2D eigenvalue weighted by molar-refractivity contribution is -0.676. The first kappa shape index (κ1) is 26.0. The first-order valence-corrected chi connectivity index (χ1v) is 9.64. The standard InChI is InChI=1S/C16H26ClN4O2.C2HF3O2/c1-3-20-14-9-12(17)13(19(5-7-22)6-8-23)10-15(14)21(4-2)16(20)11-18;3-2(4,5)1(6)7/h9-10,22-23H,3-8,11,18H2,1-2H3;(H,6,7)/q+1;/p-1. The summed E-state index contributed by atoms with van der Waals surface area (Å²) in [4.78, 5) is 10.7. The van der Waals surface area contributed by atoms with Crippen molar-refractivity contribution in [2.45, 2.75) is 39.7 Å². The number of carboxylic acid groups (broad SMARTS) is 1. The summed E-state index contributed by atoms with van der Waals surface area (Å²) in [5.41, 5.74) is 8.88. The molecular weight excluding hydrogens is 429 g/mol. The second kappa shape index (κ2) is 11.3. The topological polar surface area (TPSA) is 119 Å².